The molecule has 1 atom stereocenters. The number of anilines is 1. The number of rotatable bonds is 2. The molecule has 4 heteroatoms. The number of likely N-dealkylation sites (tertiary alicyclic amines) is 1. The molecular weight excluding hydrogens is 268 g/mol. The number of halogens is 1. The number of nitrogen functional groups attached to an aromatic ring is 1. The maximum atomic E-state index is 9.58. The van der Waals surface area contributed by atoms with Crippen molar-refractivity contribution >= 4 is 21.6 Å². The van der Waals surface area contributed by atoms with Crippen molar-refractivity contribution in [1.82, 2.24) is 4.90 Å². The van der Waals surface area contributed by atoms with Gasteiger partial charge in [-0.3, -0.25) is 4.90 Å². The van der Waals surface area contributed by atoms with Crippen LogP contribution in [0.25, 0.3) is 0 Å². The molecule has 0 saturated carbocycles. The van der Waals surface area contributed by atoms with E-state index in [1.165, 1.54) is 5.56 Å². The average molecular weight is 285 g/mol. The van der Waals surface area contributed by atoms with Gasteiger partial charge in [0.2, 0.25) is 0 Å². The van der Waals surface area contributed by atoms with E-state index in [0.29, 0.717) is 0 Å². The van der Waals surface area contributed by atoms with E-state index in [0.717, 1.165) is 42.6 Å². The zero-order valence-electron chi connectivity index (χ0n) is 9.19. The second-order valence-corrected chi connectivity index (χ2v) is 5.24. The van der Waals surface area contributed by atoms with Gasteiger partial charge in [-0.2, -0.15) is 0 Å². The van der Waals surface area contributed by atoms with E-state index in [2.05, 4.69) is 26.9 Å². The molecule has 0 aliphatic carbocycles. The summed E-state index contributed by atoms with van der Waals surface area (Å²) >= 11 is 3.39. The quantitative estimate of drug-likeness (QED) is 0.817. The van der Waals surface area contributed by atoms with Crippen LogP contribution in [0.4, 0.5) is 5.69 Å². The maximum absolute atomic E-state index is 9.58. The van der Waals surface area contributed by atoms with Gasteiger partial charge in [0.25, 0.3) is 0 Å². The van der Waals surface area contributed by atoms with Gasteiger partial charge in [0.1, 0.15) is 0 Å². The lowest BCUT2D eigenvalue weighted by atomic mass is 10.1. The van der Waals surface area contributed by atoms with Crippen LogP contribution in [0.2, 0.25) is 0 Å². The Bertz CT molecular complexity index is 370. The molecule has 1 unspecified atom stereocenters. The molecule has 0 spiro atoms. The van der Waals surface area contributed by atoms with Gasteiger partial charge in [-0.1, -0.05) is 6.07 Å². The number of nitrogens with zero attached hydrogens (tertiary/aromatic N) is 1. The highest BCUT2D eigenvalue weighted by molar-refractivity contribution is 9.10. The topological polar surface area (TPSA) is 49.5 Å². The molecule has 1 aromatic rings. The van der Waals surface area contributed by atoms with Crippen LogP contribution in [-0.4, -0.2) is 29.2 Å². The van der Waals surface area contributed by atoms with Crippen molar-refractivity contribution in [2.75, 3.05) is 18.8 Å². The summed E-state index contributed by atoms with van der Waals surface area (Å²) in [6, 6.07) is 6.04. The van der Waals surface area contributed by atoms with Gasteiger partial charge in [-0.25, -0.2) is 0 Å². The van der Waals surface area contributed by atoms with Gasteiger partial charge in [0.05, 0.1) is 6.10 Å². The van der Waals surface area contributed by atoms with Crippen molar-refractivity contribution in [3.05, 3.63) is 28.2 Å². The summed E-state index contributed by atoms with van der Waals surface area (Å²) in [6.45, 7) is 2.71. The minimum absolute atomic E-state index is 0.165. The fourth-order valence-electron chi connectivity index (χ4n) is 2.12. The predicted octanol–water partition coefficient (Wildman–Crippen LogP) is 1.99. The van der Waals surface area contributed by atoms with Crippen molar-refractivity contribution in [2.24, 2.45) is 0 Å². The summed E-state index contributed by atoms with van der Waals surface area (Å²) in [7, 11) is 0. The molecule has 3 nitrogen and oxygen atoms in total. The summed E-state index contributed by atoms with van der Waals surface area (Å²) in [5.41, 5.74) is 7.81. The Labute approximate surface area is 104 Å². The first-order valence-corrected chi connectivity index (χ1v) is 6.39. The molecule has 16 heavy (non-hydrogen) atoms. The summed E-state index contributed by atoms with van der Waals surface area (Å²) < 4.78 is 0.940. The Kier molecular flexibility index (Phi) is 3.84. The minimum Gasteiger partial charge on any atom is -0.398 e. The van der Waals surface area contributed by atoms with Crippen LogP contribution < -0.4 is 5.73 Å². The minimum atomic E-state index is -0.165. The molecule has 88 valence electrons. The number of β-amino-alcohol motifs (C(OH)–C–C–N with tert-alkyl or cyclic N) is 1. The molecular formula is C12H17BrN2O. The van der Waals surface area contributed by atoms with Gasteiger partial charge < -0.3 is 10.8 Å². The van der Waals surface area contributed by atoms with E-state index in [1.807, 2.05) is 12.1 Å². The molecule has 1 aliphatic heterocycles. The van der Waals surface area contributed by atoms with Crippen LogP contribution in [0.5, 0.6) is 0 Å². The Hall–Kier alpha value is -0.580. The smallest absolute Gasteiger partial charge is 0.0667 e. The predicted molar refractivity (Wildman–Crippen MR) is 69.1 cm³/mol. The first kappa shape index (κ1) is 11.9. The highest BCUT2D eigenvalue weighted by Gasteiger charge is 2.17. The third kappa shape index (κ3) is 2.97. The monoisotopic (exact) mass is 284 g/mol. The molecule has 0 radical (unpaired) electrons. The third-order valence-corrected chi connectivity index (χ3v) is 3.67. The van der Waals surface area contributed by atoms with E-state index < -0.39 is 0 Å². The summed E-state index contributed by atoms with van der Waals surface area (Å²) in [5, 5.41) is 9.58. The number of hydrogen-bond acceptors (Lipinski definition) is 3. The summed E-state index contributed by atoms with van der Waals surface area (Å²) in [4.78, 5) is 2.27. The fourth-order valence-corrected chi connectivity index (χ4v) is 2.37. The normalized spacial score (nSPS) is 22.2. The Morgan fingerprint density at radius 1 is 1.50 bits per heavy atom. The lowest BCUT2D eigenvalue weighted by Gasteiger charge is -2.30. The standard InChI is InChI=1S/C12H17BrN2O/c13-11-4-3-9(6-12(11)14)7-15-5-1-2-10(16)8-15/h3-4,6,10,16H,1-2,5,7-8,14H2. The molecule has 3 N–H and O–H groups in total. The fraction of sp³-hybridized carbons (Fsp3) is 0.500. The zero-order valence-corrected chi connectivity index (χ0v) is 10.8. The molecule has 1 fully saturated rings. The molecule has 0 bridgehead atoms. The maximum Gasteiger partial charge on any atom is 0.0667 e. The van der Waals surface area contributed by atoms with Gasteiger partial charge in [-0.05, 0) is 53.0 Å². The van der Waals surface area contributed by atoms with Crippen LogP contribution in [0.1, 0.15) is 18.4 Å². The first-order valence-electron chi connectivity index (χ1n) is 5.59. The van der Waals surface area contributed by atoms with E-state index in [4.69, 9.17) is 5.73 Å². The average Bonchev–Trinajstić information content (AvgIpc) is 2.24. The number of aliphatic hydroxyl groups is 1. The van der Waals surface area contributed by atoms with Crippen molar-refractivity contribution in [2.45, 2.75) is 25.5 Å². The first-order chi connectivity index (χ1) is 7.65. The number of benzene rings is 1. The Morgan fingerprint density at radius 3 is 3.00 bits per heavy atom. The largest absolute Gasteiger partial charge is 0.398 e. The number of aliphatic hydroxyl groups excluding tert-OH is 1. The van der Waals surface area contributed by atoms with E-state index in [-0.39, 0.29) is 6.10 Å². The Morgan fingerprint density at radius 2 is 2.31 bits per heavy atom. The highest BCUT2D eigenvalue weighted by Crippen LogP contribution is 2.22. The number of hydrogen-bond donors (Lipinski definition) is 2. The lowest BCUT2D eigenvalue weighted by Crippen LogP contribution is -2.37. The highest BCUT2D eigenvalue weighted by atomic mass is 79.9. The van der Waals surface area contributed by atoms with E-state index in [1.54, 1.807) is 0 Å². The second-order valence-electron chi connectivity index (χ2n) is 4.39. The van der Waals surface area contributed by atoms with E-state index in [9.17, 15) is 5.11 Å². The van der Waals surface area contributed by atoms with Gasteiger partial charge in [0.15, 0.2) is 0 Å². The molecule has 1 aromatic carbocycles. The van der Waals surface area contributed by atoms with E-state index >= 15 is 0 Å². The van der Waals surface area contributed by atoms with Gasteiger partial charge in [-0.15, -0.1) is 0 Å². The van der Waals surface area contributed by atoms with Crippen LogP contribution in [0, 0.1) is 0 Å². The number of nitrogens with two attached hydrogens (primary N) is 1. The number of piperidine rings is 1. The lowest BCUT2D eigenvalue weighted by molar-refractivity contribution is 0.0668. The second kappa shape index (κ2) is 5.17. The van der Waals surface area contributed by atoms with Crippen molar-refractivity contribution in [1.29, 1.82) is 0 Å². The third-order valence-electron chi connectivity index (χ3n) is 2.95. The van der Waals surface area contributed by atoms with Crippen molar-refractivity contribution < 1.29 is 5.11 Å². The Balaban J connectivity index is 2.00. The molecule has 1 saturated heterocycles. The van der Waals surface area contributed by atoms with Crippen LogP contribution in [0.3, 0.4) is 0 Å². The van der Waals surface area contributed by atoms with Crippen LogP contribution in [-0.2, 0) is 6.54 Å². The van der Waals surface area contributed by atoms with Crippen molar-refractivity contribution in [3.63, 3.8) is 0 Å². The van der Waals surface area contributed by atoms with Crippen molar-refractivity contribution in [3.8, 4) is 0 Å². The summed E-state index contributed by atoms with van der Waals surface area (Å²) in [5.74, 6) is 0. The van der Waals surface area contributed by atoms with Gasteiger partial charge >= 0.3 is 0 Å². The molecule has 0 aromatic heterocycles. The van der Waals surface area contributed by atoms with Crippen LogP contribution >= 0.6 is 15.9 Å². The zero-order chi connectivity index (χ0) is 11.5. The molecule has 0 amide bonds. The summed E-state index contributed by atoms with van der Waals surface area (Å²) in [6.07, 6.45) is 1.84. The molecule has 1 aliphatic rings. The van der Waals surface area contributed by atoms with Gasteiger partial charge in [0, 0.05) is 23.2 Å². The molecule has 1 heterocycles. The SMILES string of the molecule is Nc1cc(CN2CCCC(O)C2)ccc1Br. The van der Waals surface area contributed by atoms with Crippen LogP contribution in [0.15, 0.2) is 22.7 Å². The molecule has 2 rings (SSSR count).